The van der Waals surface area contributed by atoms with Gasteiger partial charge in [0.15, 0.2) is 0 Å². The molecule has 0 amide bonds. The molecule has 0 radical (unpaired) electrons. The first-order valence-corrected chi connectivity index (χ1v) is 14.7. The van der Waals surface area contributed by atoms with Crippen LogP contribution in [0.15, 0.2) is 66.9 Å². The van der Waals surface area contributed by atoms with E-state index >= 15 is 0 Å². The number of ether oxygens (including phenoxy) is 2. The van der Waals surface area contributed by atoms with Crippen LogP contribution < -0.4 is 4.74 Å². The van der Waals surface area contributed by atoms with E-state index in [1.807, 2.05) is 12.1 Å². The third-order valence-corrected chi connectivity index (χ3v) is 8.54. The van der Waals surface area contributed by atoms with Crippen LogP contribution >= 0.6 is 0 Å². The van der Waals surface area contributed by atoms with E-state index in [1.165, 1.54) is 12.1 Å². The molecular weight excluding hydrogens is 549 g/mol. The zero-order chi connectivity index (χ0) is 29.3. The van der Waals surface area contributed by atoms with Crippen LogP contribution in [0.2, 0.25) is 0 Å². The zero-order valence-electron chi connectivity index (χ0n) is 23.7. The van der Waals surface area contributed by atoms with Crippen molar-refractivity contribution in [3.05, 3.63) is 95.5 Å². The summed E-state index contributed by atoms with van der Waals surface area (Å²) in [6, 6.07) is 17.5. The summed E-state index contributed by atoms with van der Waals surface area (Å²) >= 11 is 0. The molecule has 0 bridgehead atoms. The number of pyridine rings is 2. The van der Waals surface area contributed by atoms with Crippen molar-refractivity contribution in [1.29, 1.82) is 0 Å². The van der Waals surface area contributed by atoms with Gasteiger partial charge in [-0.2, -0.15) is 0 Å². The molecule has 2 fully saturated rings. The quantitative estimate of drug-likeness (QED) is 0.241. The van der Waals surface area contributed by atoms with Crippen LogP contribution in [0.3, 0.4) is 0 Å². The van der Waals surface area contributed by atoms with Crippen molar-refractivity contribution in [1.82, 2.24) is 24.4 Å². The molecule has 2 aliphatic rings. The second kappa shape index (κ2) is 11.7. The van der Waals surface area contributed by atoms with Gasteiger partial charge in [-0.3, -0.25) is 9.88 Å². The summed E-state index contributed by atoms with van der Waals surface area (Å²) in [4.78, 5) is 28.2. The van der Waals surface area contributed by atoms with E-state index in [1.54, 1.807) is 36.5 Å². The Labute approximate surface area is 247 Å². The van der Waals surface area contributed by atoms with Gasteiger partial charge in [0, 0.05) is 35.9 Å². The summed E-state index contributed by atoms with van der Waals surface area (Å²) in [5, 5.41) is 11.2. The van der Waals surface area contributed by atoms with Gasteiger partial charge in [0.1, 0.15) is 18.2 Å². The fraction of sp³-hybridized carbons (Fsp3) is 0.333. The Morgan fingerprint density at radius 2 is 1.91 bits per heavy atom. The van der Waals surface area contributed by atoms with E-state index in [2.05, 4.69) is 20.5 Å². The minimum atomic E-state index is -0.942. The number of hydrogen-bond acceptors (Lipinski definition) is 7. The molecule has 2 aromatic carbocycles. The molecule has 1 N–H and O–H groups in total. The first kappa shape index (κ1) is 27.4. The van der Waals surface area contributed by atoms with E-state index in [9.17, 15) is 14.3 Å². The molecule has 7 rings (SSSR count). The number of carboxylic acid groups (broad SMARTS) is 1. The molecule has 0 aliphatic carbocycles. The first-order valence-electron chi connectivity index (χ1n) is 14.7. The highest BCUT2D eigenvalue weighted by Crippen LogP contribution is 2.30. The number of carboxylic acids is 1. The number of hydrogen-bond donors (Lipinski definition) is 1. The van der Waals surface area contributed by atoms with E-state index in [0.29, 0.717) is 24.9 Å². The topological polar surface area (TPSA) is 103 Å². The van der Waals surface area contributed by atoms with Gasteiger partial charge in [-0.25, -0.2) is 19.2 Å². The largest absolute Gasteiger partial charge is 0.478 e. The summed E-state index contributed by atoms with van der Waals surface area (Å²) in [6.07, 6.45) is 4.72. The summed E-state index contributed by atoms with van der Waals surface area (Å²) in [7, 11) is 0. The minimum Gasteiger partial charge on any atom is -0.478 e. The Kier molecular flexibility index (Phi) is 7.46. The average molecular weight is 582 g/mol. The standard InChI is InChI=1S/C33H32FN5O4/c34-24-5-6-26-22(16-24)8-12-35-29(26)20-43-32-3-1-2-27(37-32)21-9-13-38(14-10-21)19-31-36-28-7-4-23(33(40)41)17-30(28)39(31)18-25-11-15-42-25/h1-8,12,16-17,21,25H,9-11,13-15,18-20H2,(H,40,41)/t25-/m0/s1. The van der Waals surface area contributed by atoms with Crippen molar-refractivity contribution in [2.45, 2.75) is 51.0 Å². The molecule has 2 saturated heterocycles. The first-order chi connectivity index (χ1) is 21.0. The number of rotatable bonds is 9. The molecule has 5 aromatic rings. The van der Waals surface area contributed by atoms with Crippen LogP contribution in [-0.2, 0) is 24.4 Å². The van der Waals surface area contributed by atoms with Gasteiger partial charge < -0.3 is 19.1 Å². The molecule has 43 heavy (non-hydrogen) atoms. The predicted molar refractivity (Wildman–Crippen MR) is 159 cm³/mol. The van der Waals surface area contributed by atoms with Gasteiger partial charge in [-0.1, -0.05) is 6.07 Å². The number of benzene rings is 2. The number of nitrogens with zero attached hydrogens (tertiary/aromatic N) is 5. The van der Waals surface area contributed by atoms with Gasteiger partial charge in [0.2, 0.25) is 5.88 Å². The maximum Gasteiger partial charge on any atom is 0.335 e. The third-order valence-electron chi connectivity index (χ3n) is 8.54. The average Bonchev–Trinajstić information content (AvgIpc) is 3.33. The maximum absolute atomic E-state index is 13.6. The summed E-state index contributed by atoms with van der Waals surface area (Å²) in [5.74, 6) is 0.586. The molecule has 0 spiro atoms. The van der Waals surface area contributed by atoms with Gasteiger partial charge in [-0.05, 0) is 86.3 Å². The Balaban J connectivity index is 1.01. The fourth-order valence-electron chi connectivity index (χ4n) is 6.06. The van der Waals surface area contributed by atoms with Gasteiger partial charge in [0.25, 0.3) is 0 Å². The molecule has 9 nitrogen and oxygen atoms in total. The molecule has 0 saturated carbocycles. The lowest BCUT2D eigenvalue weighted by Crippen LogP contribution is -2.35. The monoisotopic (exact) mass is 581 g/mol. The molecule has 10 heteroatoms. The lowest BCUT2D eigenvalue weighted by Gasteiger charge is -2.32. The molecule has 0 unspecified atom stereocenters. The Morgan fingerprint density at radius 3 is 2.70 bits per heavy atom. The van der Waals surface area contributed by atoms with Crippen molar-refractivity contribution in [3.63, 3.8) is 0 Å². The molecule has 220 valence electrons. The van der Waals surface area contributed by atoms with Crippen molar-refractivity contribution < 1.29 is 23.8 Å². The van der Waals surface area contributed by atoms with Crippen LogP contribution in [0.5, 0.6) is 5.88 Å². The zero-order valence-corrected chi connectivity index (χ0v) is 23.7. The van der Waals surface area contributed by atoms with Crippen LogP contribution in [0.25, 0.3) is 21.8 Å². The Hall–Kier alpha value is -4.41. The SMILES string of the molecule is O=C(O)c1ccc2nc(CN3CCC(c4cccc(OCc5nccc6cc(F)ccc56)n4)CC3)n(C[C@@H]3CCO3)c2c1. The fourth-order valence-corrected chi connectivity index (χ4v) is 6.06. The summed E-state index contributed by atoms with van der Waals surface area (Å²) in [6.45, 7) is 4.18. The van der Waals surface area contributed by atoms with Gasteiger partial charge in [-0.15, -0.1) is 0 Å². The highest BCUT2D eigenvalue weighted by Gasteiger charge is 2.26. The minimum absolute atomic E-state index is 0.135. The number of halogens is 1. The van der Waals surface area contributed by atoms with Crippen molar-refractivity contribution >= 4 is 27.8 Å². The second-order valence-electron chi connectivity index (χ2n) is 11.3. The second-order valence-corrected chi connectivity index (χ2v) is 11.3. The van der Waals surface area contributed by atoms with Crippen LogP contribution in [-0.4, -0.2) is 61.3 Å². The Bertz CT molecular complexity index is 1800. The number of fused-ring (bicyclic) bond motifs is 2. The van der Waals surface area contributed by atoms with Crippen molar-refractivity contribution in [2.24, 2.45) is 0 Å². The molecule has 1 atom stereocenters. The third kappa shape index (κ3) is 5.80. The molecule has 5 heterocycles. The molecule has 2 aliphatic heterocycles. The highest BCUT2D eigenvalue weighted by molar-refractivity contribution is 5.92. The molecular formula is C33H32FN5O4. The normalized spacial score (nSPS) is 17.7. The number of aromatic nitrogens is 4. The van der Waals surface area contributed by atoms with E-state index in [0.717, 1.165) is 78.0 Å². The number of likely N-dealkylation sites (tertiary alicyclic amines) is 1. The summed E-state index contributed by atoms with van der Waals surface area (Å²) < 4.78 is 27.5. The number of carbonyl (C=O) groups is 1. The number of piperidine rings is 1. The smallest absolute Gasteiger partial charge is 0.335 e. The Morgan fingerprint density at radius 1 is 1.05 bits per heavy atom. The lowest BCUT2D eigenvalue weighted by atomic mass is 9.93. The number of aromatic carboxylic acids is 1. The van der Waals surface area contributed by atoms with Crippen LogP contribution in [0, 0.1) is 5.82 Å². The number of imidazole rings is 1. The van der Waals surface area contributed by atoms with E-state index in [-0.39, 0.29) is 24.1 Å². The van der Waals surface area contributed by atoms with Crippen LogP contribution in [0.4, 0.5) is 4.39 Å². The maximum atomic E-state index is 13.6. The van der Waals surface area contributed by atoms with Crippen molar-refractivity contribution in [3.8, 4) is 5.88 Å². The predicted octanol–water partition coefficient (Wildman–Crippen LogP) is 5.56. The summed E-state index contributed by atoms with van der Waals surface area (Å²) in [5.41, 5.74) is 3.67. The van der Waals surface area contributed by atoms with Gasteiger partial charge >= 0.3 is 5.97 Å². The lowest BCUT2D eigenvalue weighted by molar-refractivity contribution is -0.0592. The molecule has 3 aromatic heterocycles. The highest BCUT2D eigenvalue weighted by atomic mass is 19.1. The van der Waals surface area contributed by atoms with E-state index < -0.39 is 5.97 Å². The van der Waals surface area contributed by atoms with E-state index in [4.69, 9.17) is 19.4 Å². The van der Waals surface area contributed by atoms with Crippen LogP contribution in [0.1, 0.15) is 52.8 Å². The van der Waals surface area contributed by atoms with Gasteiger partial charge in [0.05, 0.1) is 41.5 Å². The van der Waals surface area contributed by atoms with Crippen molar-refractivity contribution in [2.75, 3.05) is 19.7 Å².